The number of nitrogens with zero attached hydrogens (tertiary/aromatic N) is 4. The second-order valence-corrected chi connectivity index (χ2v) is 8.24. The Bertz CT molecular complexity index is 1030. The van der Waals surface area contributed by atoms with E-state index in [-0.39, 0.29) is 17.6 Å². The first-order chi connectivity index (χ1) is 14.6. The van der Waals surface area contributed by atoms with Crippen molar-refractivity contribution in [1.82, 2.24) is 15.3 Å². The van der Waals surface area contributed by atoms with Crippen molar-refractivity contribution in [1.29, 1.82) is 0 Å². The van der Waals surface area contributed by atoms with E-state index in [1.165, 1.54) is 17.2 Å². The zero-order valence-corrected chi connectivity index (χ0v) is 17.9. The number of nitrogens with one attached hydrogen (secondary N) is 2. The highest BCUT2D eigenvalue weighted by molar-refractivity contribution is 9.10. The van der Waals surface area contributed by atoms with Gasteiger partial charge in [-0.05, 0) is 37.6 Å². The van der Waals surface area contributed by atoms with Crippen LogP contribution in [0.5, 0.6) is 0 Å². The van der Waals surface area contributed by atoms with Crippen molar-refractivity contribution in [2.45, 2.75) is 31.6 Å². The van der Waals surface area contributed by atoms with E-state index < -0.39 is 24.2 Å². The number of hydrogen-bond acceptors (Lipinski definition) is 5. The molecular weight excluding hydrogens is 481 g/mol. The lowest BCUT2D eigenvalue weighted by atomic mass is 10.1. The standard InChI is InChI=1S/C19H18BrF3N6O2/c1-10(19(21,22)23)25-17(30)13-2-3-14-16(26-13)29(12-5-7-28(14)9-12)18(31)27-15-8-11(20)4-6-24-15/h2-4,6,8,10,12H,5,7,9H2,1H3,(H,25,30)(H,24,27,31)/t10-,12?/m0/s1. The molecule has 164 valence electrons. The van der Waals surface area contributed by atoms with Crippen LogP contribution >= 0.6 is 15.9 Å². The lowest BCUT2D eigenvalue weighted by Crippen LogP contribution is -2.49. The van der Waals surface area contributed by atoms with Crippen LogP contribution in [-0.2, 0) is 0 Å². The summed E-state index contributed by atoms with van der Waals surface area (Å²) >= 11 is 3.32. The highest BCUT2D eigenvalue weighted by atomic mass is 79.9. The quantitative estimate of drug-likeness (QED) is 0.675. The molecule has 0 saturated carbocycles. The van der Waals surface area contributed by atoms with Gasteiger partial charge in [-0.2, -0.15) is 13.2 Å². The van der Waals surface area contributed by atoms with Gasteiger partial charge in [-0.1, -0.05) is 15.9 Å². The summed E-state index contributed by atoms with van der Waals surface area (Å²) in [4.78, 5) is 37.3. The molecule has 2 aliphatic heterocycles. The maximum Gasteiger partial charge on any atom is 0.408 e. The number of hydrogen-bond donors (Lipinski definition) is 2. The van der Waals surface area contributed by atoms with Crippen LogP contribution in [0.2, 0.25) is 0 Å². The smallest absolute Gasteiger partial charge is 0.366 e. The van der Waals surface area contributed by atoms with Crippen molar-refractivity contribution in [3.63, 3.8) is 0 Å². The fourth-order valence-corrected chi connectivity index (χ4v) is 3.93. The molecule has 0 aromatic carbocycles. The van der Waals surface area contributed by atoms with Crippen molar-refractivity contribution in [3.8, 4) is 0 Å². The van der Waals surface area contributed by atoms with Crippen LogP contribution in [0.1, 0.15) is 23.8 Å². The third kappa shape index (κ3) is 4.29. The van der Waals surface area contributed by atoms with E-state index in [4.69, 9.17) is 0 Å². The van der Waals surface area contributed by atoms with E-state index >= 15 is 0 Å². The molecule has 1 fully saturated rings. The van der Waals surface area contributed by atoms with Gasteiger partial charge in [-0.15, -0.1) is 0 Å². The van der Waals surface area contributed by atoms with Crippen LogP contribution in [0.4, 0.5) is 35.3 Å². The van der Waals surface area contributed by atoms with Gasteiger partial charge < -0.3 is 10.2 Å². The summed E-state index contributed by atoms with van der Waals surface area (Å²) in [5.74, 6) is -0.405. The molecule has 31 heavy (non-hydrogen) atoms. The number of alkyl halides is 3. The summed E-state index contributed by atoms with van der Waals surface area (Å²) in [5.41, 5.74) is 0.447. The molecule has 1 unspecified atom stereocenters. The van der Waals surface area contributed by atoms with Crippen LogP contribution in [0.25, 0.3) is 0 Å². The highest BCUT2D eigenvalue weighted by Crippen LogP contribution is 2.39. The number of aromatic nitrogens is 2. The van der Waals surface area contributed by atoms with Crippen molar-refractivity contribution >= 4 is 45.2 Å². The molecule has 0 radical (unpaired) electrons. The molecule has 2 N–H and O–H groups in total. The normalized spacial score (nSPS) is 18.4. The minimum absolute atomic E-state index is 0.181. The number of carbonyl (C=O) groups is 2. The molecule has 4 heterocycles. The second-order valence-electron chi connectivity index (χ2n) is 7.32. The first-order valence-corrected chi connectivity index (χ1v) is 10.3. The predicted octanol–water partition coefficient (Wildman–Crippen LogP) is 3.55. The zero-order chi connectivity index (χ0) is 22.3. The molecule has 12 heteroatoms. The van der Waals surface area contributed by atoms with Crippen LogP contribution < -0.4 is 20.4 Å². The molecule has 2 atom stereocenters. The average Bonchev–Trinajstić information content (AvgIpc) is 3.11. The lowest BCUT2D eigenvalue weighted by Gasteiger charge is -2.35. The predicted molar refractivity (Wildman–Crippen MR) is 111 cm³/mol. The molecule has 2 bridgehead atoms. The molecule has 2 aromatic rings. The molecule has 0 aliphatic carbocycles. The third-order valence-corrected chi connectivity index (χ3v) is 5.69. The summed E-state index contributed by atoms with van der Waals surface area (Å²) in [6.07, 6.45) is -2.34. The molecule has 8 nitrogen and oxygen atoms in total. The number of fused-ring (bicyclic) bond motifs is 4. The third-order valence-electron chi connectivity index (χ3n) is 5.20. The first kappa shape index (κ1) is 21.3. The van der Waals surface area contributed by atoms with Gasteiger partial charge in [0, 0.05) is 23.8 Å². The van der Waals surface area contributed by atoms with Gasteiger partial charge in [0.1, 0.15) is 17.6 Å². The molecule has 3 amide bonds. The van der Waals surface area contributed by atoms with Crippen molar-refractivity contribution in [2.75, 3.05) is 28.2 Å². The maximum atomic E-state index is 13.1. The topological polar surface area (TPSA) is 90.5 Å². The number of rotatable bonds is 3. The Morgan fingerprint density at radius 1 is 1.29 bits per heavy atom. The highest BCUT2D eigenvalue weighted by Gasteiger charge is 2.41. The van der Waals surface area contributed by atoms with Gasteiger partial charge in [-0.3, -0.25) is 15.0 Å². The SMILES string of the molecule is C[C@H](NC(=O)c1ccc2c(n1)N(C(=O)Nc1cc(Br)ccn1)C1CCN2C1)C(F)(F)F. The minimum atomic E-state index is -4.57. The van der Waals surface area contributed by atoms with Crippen molar-refractivity contribution in [3.05, 3.63) is 40.6 Å². The van der Waals surface area contributed by atoms with Gasteiger partial charge in [0.05, 0.1) is 11.7 Å². The van der Waals surface area contributed by atoms with Gasteiger partial charge in [0.2, 0.25) is 0 Å². The lowest BCUT2D eigenvalue weighted by molar-refractivity contribution is -0.149. The Morgan fingerprint density at radius 3 is 2.77 bits per heavy atom. The number of urea groups is 1. The summed E-state index contributed by atoms with van der Waals surface area (Å²) in [6.45, 7) is 2.16. The summed E-state index contributed by atoms with van der Waals surface area (Å²) in [5, 5.41) is 4.61. The summed E-state index contributed by atoms with van der Waals surface area (Å²) in [6, 6.07) is 3.64. The van der Waals surface area contributed by atoms with E-state index in [1.54, 1.807) is 18.2 Å². The van der Waals surface area contributed by atoms with Crippen LogP contribution in [0.15, 0.2) is 34.9 Å². The number of carbonyl (C=O) groups excluding carboxylic acids is 2. The van der Waals surface area contributed by atoms with Crippen LogP contribution in [0.3, 0.4) is 0 Å². The fraction of sp³-hybridized carbons (Fsp3) is 0.368. The summed E-state index contributed by atoms with van der Waals surface area (Å²) in [7, 11) is 0. The number of anilines is 3. The van der Waals surface area contributed by atoms with E-state index in [1.807, 2.05) is 10.2 Å². The van der Waals surface area contributed by atoms with E-state index in [0.717, 1.165) is 11.4 Å². The van der Waals surface area contributed by atoms with E-state index in [0.29, 0.717) is 31.0 Å². The summed E-state index contributed by atoms with van der Waals surface area (Å²) < 4.78 is 39.1. The monoisotopic (exact) mass is 498 g/mol. The maximum absolute atomic E-state index is 13.1. The van der Waals surface area contributed by atoms with Gasteiger partial charge in [0.15, 0.2) is 5.82 Å². The molecular formula is C19H18BrF3N6O2. The number of amides is 3. The number of halogens is 4. The molecule has 1 saturated heterocycles. The van der Waals surface area contributed by atoms with Crippen molar-refractivity contribution < 1.29 is 22.8 Å². The molecule has 0 spiro atoms. The van der Waals surface area contributed by atoms with Gasteiger partial charge in [0.25, 0.3) is 5.91 Å². The molecule has 2 aliphatic rings. The van der Waals surface area contributed by atoms with Crippen LogP contribution in [-0.4, -0.2) is 53.3 Å². The molecule has 2 aromatic heterocycles. The van der Waals surface area contributed by atoms with Gasteiger partial charge >= 0.3 is 12.2 Å². The van der Waals surface area contributed by atoms with E-state index in [9.17, 15) is 22.8 Å². The Morgan fingerprint density at radius 2 is 2.06 bits per heavy atom. The Balaban J connectivity index is 1.63. The first-order valence-electron chi connectivity index (χ1n) is 9.49. The minimum Gasteiger partial charge on any atom is -0.366 e. The van der Waals surface area contributed by atoms with E-state index in [2.05, 4.69) is 31.2 Å². The Labute approximate surface area is 184 Å². The number of pyridine rings is 2. The van der Waals surface area contributed by atoms with Crippen molar-refractivity contribution in [2.24, 2.45) is 0 Å². The average molecular weight is 499 g/mol. The largest absolute Gasteiger partial charge is 0.408 e. The Hall–Kier alpha value is -2.89. The molecule has 4 rings (SSSR count). The van der Waals surface area contributed by atoms with Gasteiger partial charge in [-0.25, -0.2) is 14.8 Å². The zero-order valence-electron chi connectivity index (χ0n) is 16.3. The second kappa shape index (κ2) is 7.98. The fourth-order valence-electron chi connectivity index (χ4n) is 3.59. The Kier molecular flexibility index (Phi) is 5.50. The van der Waals surface area contributed by atoms with Crippen LogP contribution in [0, 0.1) is 0 Å².